The molecule has 1 saturated carbocycles. The highest BCUT2D eigenvalue weighted by molar-refractivity contribution is 7.89. The number of likely N-dealkylation sites (tertiary alicyclic amines) is 1. The van der Waals surface area contributed by atoms with Gasteiger partial charge < -0.3 is 19.9 Å². The molecule has 1 amide bonds. The summed E-state index contributed by atoms with van der Waals surface area (Å²) in [7, 11) is -3.63. The maximum absolute atomic E-state index is 13.9. The lowest BCUT2D eigenvalue weighted by atomic mass is 9.75. The van der Waals surface area contributed by atoms with Crippen LogP contribution in [-0.4, -0.2) is 54.6 Å². The van der Waals surface area contributed by atoms with E-state index in [1.165, 1.54) is 19.3 Å². The zero-order chi connectivity index (χ0) is 39.5. The Kier molecular flexibility index (Phi) is 12.5. The van der Waals surface area contributed by atoms with Gasteiger partial charge in [0, 0.05) is 36.2 Å². The fourth-order valence-electron chi connectivity index (χ4n) is 8.82. The van der Waals surface area contributed by atoms with Gasteiger partial charge in [-0.1, -0.05) is 105 Å². The van der Waals surface area contributed by atoms with Crippen molar-refractivity contribution in [1.29, 1.82) is 0 Å². The van der Waals surface area contributed by atoms with Gasteiger partial charge in [-0.25, -0.2) is 13.1 Å². The molecule has 0 bridgehead atoms. The van der Waals surface area contributed by atoms with Crippen LogP contribution in [-0.2, 0) is 37.4 Å². The third-order valence-corrected chi connectivity index (χ3v) is 13.2. The number of ether oxygens (including phenoxy) is 2. The molecule has 2 saturated heterocycles. The maximum Gasteiger partial charge on any atom is 0.240 e. The predicted molar refractivity (Wildman–Crippen MR) is 219 cm³/mol. The molecular weight excluding hydrogens is 723 g/mol. The predicted octanol–water partition coefficient (Wildman–Crippen LogP) is 8.05. The average molecular weight is 780 g/mol. The van der Waals surface area contributed by atoms with Gasteiger partial charge in [0.15, 0.2) is 6.29 Å². The Morgan fingerprint density at radius 1 is 0.804 bits per heavy atom. The molecule has 56 heavy (non-hydrogen) atoms. The topological polar surface area (TPSA) is 117 Å². The van der Waals surface area contributed by atoms with Crippen molar-refractivity contribution < 1.29 is 27.8 Å². The van der Waals surface area contributed by atoms with E-state index in [0.717, 1.165) is 52.6 Å². The van der Waals surface area contributed by atoms with Crippen LogP contribution < -0.4 is 10.0 Å². The quantitative estimate of drug-likeness (QED) is 0.141. The Morgan fingerprint density at radius 3 is 2.23 bits per heavy atom. The van der Waals surface area contributed by atoms with Gasteiger partial charge >= 0.3 is 0 Å². The van der Waals surface area contributed by atoms with Crippen molar-refractivity contribution in [3.8, 4) is 11.1 Å². The van der Waals surface area contributed by atoms with E-state index < -0.39 is 16.3 Å². The molecule has 7 atom stereocenters. The summed E-state index contributed by atoms with van der Waals surface area (Å²) in [5, 5.41) is 13.0. The summed E-state index contributed by atoms with van der Waals surface area (Å²) >= 11 is 0. The van der Waals surface area contributed by atoms with Gasteiger partial charge in [0.25, 0.3) is 0 Å². The molecule has 10 heteroatoms. The smallest absolute Gasteiger partial charge is 0.240 e. The Morgan fingerprint density at radius 2 is 1.52 bits per heavy atom. The Labute approximate surface area is 332 Å². The molecule has 0 unspecified atom stereocenters. The molecule has 0 radical (unpaired) electrons. The summed E-state index contributed by atoms with van der Waals surface area (Å²) < 4.78 is 42.2. The number of carbonyl (C=O) groups excluding carboxylic acids is 1. The van der Waals surface area contributed by atoms with Gasteiger partial charge in [-0.05, 0) is 98.4 Å². The van der Waals surface area contributed by atoms with E-state index in [2.05, 4.69) is 34.0 Å². The number of hydrogen-bond acceptors (Lipinski definition) is 7. The van der Waals surface area contributed by atoms with E-state index in [0.29, 0.717) is 18.5 Å². The van der Waals surface area contributed by atoms with Crippen molar-refractivity contribution in [1.82, 2.24) is 14.9 Å². The number of hydrogen-bond donors (Lipinski definition) is 3. The summed E-state index contributed by atoms with van der Waals surface area (Å²) in [6.45, 7) is 9.10. The number of aliphatic hydroxyl groups excluding tert-OH is 1. The highest BCUT2D eigenvalue weighted by atomic mass is 32.2. The number of rotatable bonds is 11. The van der Waals surface area contributed by atoms with Crippen LogP contribution in [0, 0.1) is 11.8 Å². The van der Waals surface area contributed by atoms with Gasteiger partial charge in [-0.2, -0.15) is 0 Å². The fraction of sp³-hybridized carbons (Fsp3) is 0.457. The number of amides is 1. The molecule has 3 N–H and O–H groups in total. The van der Waals surface area contributed by atoms with Crippen molar-refractivity contribution in [2.45, 2.75) is 120 Å². The van der Waals surface area contributed by atoms with Crippen molar-refractivity contribution in [3.05, 3.63) is 125 Å². The van der Waals surface area contributed by atoms with Crippen molar-refractivity contribution in [2.75, 3.05) is 6.54 Å². The zero-order valence-corrected chi connectivity index (χ0v) is 33.9. The molecule has 2 aliphatic heterocycles. The van der Waals surface area contributed by atoms with Crippen LogP contribution in [0.4, 0.5) is 0 Å². The first-order valence-electron chi connectivity index (χ1n) is 20.2. The molecule has 9 nitrogen and oxygen atoms in total. The van der Waals surface area contributed by atoms with Gasteiger partial charge in [0.05, 0.1) is 29.8 Å². The molecule has 3 fully saturated rings. The second-order valence-corrected chi connectivity index (χ2v) is 18.7. The van der Waals surface area contributed by atoms with E-state index >= 15 is 0 Å². The van der Waals surface area contributed by atoms with Crippen LogP contribution in [0.25, 0.3) is 11.1 Å². The molecule has 0 aromatic heterocycles. The molecule has 2 heterocycles. The molecule has 4 aromatic rings. The summed E-state index contributed by atoms with van der Waals surface area (Å²) in [6, 6.07) is 32.6. The summed E-state index contributed by atoms with van der Waals surface area (Å²) in [5.41, 5.74) is 5.26. The van der Waals surface area contributed by atoms with E-state index in [1.807, 2.05) is 81.4 Å². The van der Waals surface area contributed by atoms with Crippen molar-refractivity contribution >= 4 is 15.9 Å². The summed E-state index contributed by atoms with van der Waals surface area (Å²) in [5.74, 6) is 0.676. The minimum absolute atomic E-state index is 0.0113. The molecule has 3 aliphatic rings. The second-order valence-electron chi connectivity index (χ2n) is 16.9. The van der Waals surface area contributed by atoms with E-state index in [9.17, 15) is 18.3 Å². The molecule has 7 rings (SSSR count). The first kappa shape index (κ1) is 40.3. The van der Waals surface area contributed by atoms with Gasteiger partial charge in [-0.15, -0.1) is 0 Å². The third kappa shape index (κ3) is 9.44. The number of fused-ring (bicyclic) bond motifs is 1. The standard InChI is InChI=1S/C46H57N3O6S/c1-31-42(29-49-40-16-9-8-12-35(40)25-26-41(49)44(51)48-46(2,3)4)54-45(55-43(31)36-19-17-32(30-50)18-20-36)37-23-21-34(22-24-37)38-13-10-11-33(27-38)28-47-56(52,53)39-14-6-5-7-15-39/h5-7,10-11,13-15,17-24,27,31,35,40-43,45,47,50H,8-9,12,16,25-26,28-30H2,1-4H3,(H,48,51)/t31-,35+,40+,41+,42+,43+,45+/m0/s1. The first-order chi connectivity index (χ1) is 26.9. The van der Waals surface area contributed by atoms with Crippen LogP contribution in [0.2, 0.25) is 0 Å². The van der Waals surface area contributed by atoms with Crippen molar-refractivity contribution in [3.63, 3.8) is 0 Å². The Balaban J connectivity index is 1.13. The summed E-state index contributed by atoms with van der Waals surface area (Å²) in [4.78, 5) is 16.6. The van der Waals surface area contributed by atoms with E-state index in [1.54, 1.807) is 30.3 Å². The minimum Gasteiger partial charge on any atom is -0.392 e. The number of sulfonamides is 1. The van der Waals surface area contributed by atoms with Crippen LogP contribution in [0.3, 0.4) is 0 Å². The minimum atomic E-state index is -3.63. The number of carbonyl (C=O) groups is 1. The normalized spacial score (nSPS) is 26.0. The highest BCUT2D eigenvalue weighted by Gasteiger charge is 2.46. The van der Waals surface area contributed by atoms with Crippen LogP contribution >= 0.6 is 0 Å². The lowest BCUT2D eigenvalue weighted by molar-refractivity contribution is -0.278. The number of nitrogens with zero attached hydrogens (tertiary/aromatic N) is 1. The molecule has 0 spiro atoms. The molecular formula is C46H57N3O6S. The molecule has 4 aromatic carbocycles. The zero-order valence-electron chi connectivity index (χ0n) is 33.1. The summed E-state index contributed by atoms with van der Waals surface area (Å²) in [6.07, 6.45) is 5.54. The van der Waals surface area contributed by atoms with Crippen LogP contribution in [0.5, 0.6) is 0 Å². The average Bonchev–Trinajstić information content (AvgIpc) is 3.21. The maximum atomic E-state index is 13.9. The van der Waals surface area contributed by atoms with Gasteiger partial charge in [-0.3, -0.25) is 9.69 Å². The van der Waals surface area contributed by atoms with Crippen LogP contribution in [0.1, 0.15) is 101 Å². The third-order valence-electron chi connectivity index (χ3n) is 11.8. The van der Waals surface area contributed by atoms with Crippen molar-refractivity contribution in [2.24, 2.45) is 11.8 Å². The fourth-order valence-corrected chi connectivity index (χ4v) is 9.86. The van der Waals surface area contributed by atoms with Crippen LogP contribution in [0.15, 0.2) is 108 Å². The monoisotopic (exact) mass is 779 g/mol. The van der Waals surface area contributed by atoms with Gasteiger partial charge in [0.1, 0.15) is 0 Å². The number of aliphatic hydroxyl groups is 1. The van der Waals surface area contributed by atoms with Gasteiger partial charge in [0.2, 0.25) is 15.9 Å². The molecule has 1 aliphatic carbocycles. The van der Waals surface area contributed by atoms with E-state index in [4.69, 9.17) is 9.47 Å². The number of benzene rings is 4. The highest BCUT2D eigenvalue weighted by Crippen LogP contribution is 2.44. The second kappa shape index (κ2) is 17.3. The number of nitrogens with one attached hydrogen (secondary N) is 2. The largest absolute Gasteiger partial charge is 0.392 e. The number of piperidine rings is 1. The van der Waals surface area contributed by atoms with E-state index in [-0.39, 0.29) is 53.7 Å². The Hall–Kier alpha value is -3.90. The Bertz CT molecular complexity index is 2030. The lowest BCUT2D eigenvalue weighted by Gasteiger charge is -2.51. The SMILES string of the molecule is C[C@H]1[C@@H](CN2[C@@H](C(=O)NC(C)(C)C)CC[C@H]3CCCC[C@H]32)O[C@@H](c2ccc(-c3cccc(CNS(=O)(=O)c4ccccc4)c3)cc2)O[C@H]1c1ccc(CO)cc1. The lowest BCUT2D eigenvalue weighted by Crippen LogP contribution is -2.61. The molecule has 298 valence electrons. The first-order valence-corrected chi connectivity index (χ1v) is 21.7.